The van der Waals surface area contributed by atoms with Gasteiger partial charge in [-0.3, -0.25) is 9.59 Å². The minimum absolute atomic E-state index is 0.140. The maximum absolute atomic E-state index is 13.9. The van der Waals surface area contributed by atoms with Crippen molar-refractivity contribution >= 4 is 40.3 Å². The summed E-state index contributed by atoms with van der Waals surface area (Å²) in [7, 11) is 0. The predicted molar refractivity (Wildman–Crippen MR) is 177 cm³/mol. The monoisotopic (exact) mass is 606 g/mol. The maximum Gasteiger partial charge on any atom is 0.266 e. The third-order valence-electron chi connectivity index (χ3n) is 9.19. The number of carbonyl (C=O) groups is 2. The van der Waals surface area contributed by atoms with E-state index in [0.717, 1.165) is 50.3 Å². The normalized spacial score (nSPS) is 14.1. The van der Waals surface area contributed by atoms with Crippen LogP contribution in [0.3, 0.4) is 0 Å². The molecule has 5 aromatic rings. The number of nitrogens with zero attached hydrogens (tertiary/aromatic N) is 4. The van der Waals surface area contributed by atoms with Gasteiger partial charge in [0.1, 0.15) is 17.1 Å². The molecule has 1 aliphatic heterocycles. The second-order valence-corrected chi connectivity index (χ2v) is 12.3. The lowest BCUT2D eigenvalue weighted by atomic mass is 9.71. The van der Waals surface area contributed by atoms with Crippen LogP contribution in [-0.2, 0) is 5.41 Å². The molecule has 7 rings (SSSR count). The lowest BCUT2D eigenvalue weighted by molar-refractivity contribution is 0.0926. The Morgan fingerprint density at radius 1 is 0.733 bits per heavy atom. The number of imide groups is 1. The van der Waals surface area contributed by atoms with Gasteiger partial charge in [0.2, 0.25) is 0 Å². The molecule has 7 heteroatoms. The minimum atomic E-state index is -0.341. The summed E-state index contributed by atoms with van der Waals surface area (Å²) < 4.78 is 8.55. The lowest BCUT2D eigenvalue weighted by Gasteiger charge is -2.33. The van der Waals surface area contributed by atoms with Gasteiger partial charge in [0.25, 0.3) is 11.8 Å². The van der Waals surface area contributed by atoms with Crippen molar-refractivity contribution in [3.63, 3.8) is 0 Å². The van der Waals surface area contributed by atoms with E-state index in [-0.39, 0.29) is 17.2 Å². The second-order valence-electron chi connectivity index (χ2n) is 11.8. The molecule has 1 aliphatic carbocycles. The summed E-state index contributed by atoms with van der Waals surface area (Å²) in [5, 5.41) is 9.36. The molecule has 0 saturated carbocycles. The van der Waals surface area contributed by atoms with Gasteiger partial charge in [-0.2, -0.15) is 14.0 Å². The van der Waals surface area contributed by atoms with Gasteiger partial charge in [-0.1, -0.05) is 81.7 Å². The smallest absolute Gasteiger partial charge is 0.266 e. The molecule has 45 heavy (non-hydrogen) atoms. The van der Waals surface area contributed by atoms with Gasteiger partial charge in [-0.15, -0.1) is 0 Å². The number of anilines is 1. The van der Waals surface area contributed by atoms with E-state index in [1.165, 1.54) is 27.2 Å². The Kier molecular flexibility index (Phi) is 7.28. The summed E-state index contributed by atoms with van der Waals surface area (Å²) in [4.78, 5) is 28.9. The number of hydrogen-bond donors (Lipinski definition) is 0. The second kappa shape index (κ2) is 11.4. The summed E-state index contributed by atoms with van der Waals surface area (Å²) in [6.07, 6.45) is 6.47. The van der Waals surface area contributed by atoms with Gasteiger partial charge in [-0.05, 0) is 77.6 Å². The molecule has 6 nitrogen and oxygen atoms in total. The molecule has 2 amide bonds. The fourth-order valence-corrected chi connectivity index (χ4v) is 7.53. The maximum atomic E-state index is 13.9. The van der Waals surface area contributed by atoms with E-state index in [2.05, 4.69) is 76.9 Å². The van der Waals surface area contributed by atoms with Crippen molar-refractivity contribution in [3.05, 3.63) is 112 Å². The standard InChI is InChI=1S/C38H30N4O2S/c1-3-5-19-38(20-6-4-2)32-10-8-7-9-28(32)29-18-16-27(22-33(29)38)42-36(43)30-17-12-24(21-31(30)37(42)44)11-13-25-14-15-26(23-39)35-34(25)40-45-41-35/h7-10,12,14-18,21-22H,3-6,19-20H2,1-2H3. The van der Waals surface area contributed by atoms with Gasteiger partial charge < -0.3 is 0 Å². The van der Waals surface area contributed by atoms with Crippen molar-refractivity contribution in [1.29, 1.82) is 5.26 Å². The predicted octanol–water partition coefficient (Wildman–Crippen LogP) is 8.41. The number of hydrogen-bond acceptors (Lipinski definition) is 6. The molecule has 0 radical (unpaired) electrons. The van der Waals surface area contributed by atoms with E-state index in [9.17, 15) is 14.9 Å². The van der Waals surface area contributed by atoms with Crippen LogP contribution in [0.4, 0.5) is 5.69 Å². The quantitative estimate of drug-likeness (QED) is 0.137. The van der Waals surface area contributed by atoms with Crippen LogP contribution in [-0.4, -0.2) is 20.6 Å². The number of nitriles is 1. The largest absolute Gasteiger partial charge is 0.268 e. The van der Waals surface area contributed by atoms with Crippen molar-refractivity contribution in [1.82, 2.24) is 8.75 Å². The number of rotatable bonds is 7. The van der Waals surface area contributed by atoms with Crippen molar-refractivity contribution < 1.29 is 9.59 Å². The molecule has 2 heterocycles. The van der Waals surface area contributed by atoms with E-state index < -0.39 is 0 Å². The zero-order valence-corrected chi connectivity index (χ0v) is 26.0. The van der Waals surface area contributed by atoms with E-state index in [1.807, 2.05) is 6.07 Å². The van der Waals surface area contributed by atoms with E-state index in [1.54, 1.807) is 30.3 Å². The molecule has 0 fully saturated rings. The summed E-state index contributed by atoms with van der Waals surface area (Å²) in [5.41, 5.74) is 9.05. The number of benzene rings is 4. The summed E-state index contributed by atoms with van der Waals surface area (Å²) >= 11 is 1.04. The molecule has 0 bridgehead atoms. The van der Waals surface area contributed by atoms with E-state index in [4.69, 9.17) is 0 Å². The average molecular weight is 607 g/mol. The van der Waals surface area contributed by atoms with E-state index >= 15 is 0 Å². The highest BCUT2D eigenvalue weighted by atomic mass is 32.1. The highest BCUT2D eigenvalue weighted by molar-refractivity contribution is 7.00. The first-order chi connectivity index (χ1) is 22.0. The lowest BCUT2D eigenvalue weighted by Crippen LogP contribution is -2.30. The Labute approximate surface area is 266 Å². The van der Waals surface area contributed by atoms with Crippen LogP contribution >= 0.6 is 11.7 Å². The van der Waals surface area contributed by atoms with Gasteiger partial charge in [0.05, 0.1) is 39.7 Å². The SMILES string of the molecule is CCCCC1(CCCC)c2ccccc2-c2ccc(N3C(=O)c4ccc(C#Cc5ccc(C#N)c6nsnc56)cc4C3=O)cc21. The van der Waals surface area contributed by atoms with Crippen LogP contribution in [0.2, 0.25) is 0 Å². The van der Waals surface area contributed by atoms with Gasteiger partial charge >= 0.3 is 0 Å². The molecule has 0 saturated heterocycles. The van der Waals surface area contributed by atoms with Crippen molar-refractivity contribution in [2.75, 3.05) is 4.90 Å². The third-order valence-corrected chi connectivity index (χ3v) is 9.72. The van der Waals surface area contributed by atoms with Crippen molar-refractivity contribution in [2.45, 2.75) is 57.8 Å². The Morgan fingerprint density at radius 3 is 2.16 bits per heavy atom. The number of carbonyl (C=O) groups excluding carboxylic acids is 2. The highest BCUT2D eigenvalue weighted by Crippen LogP contribution is 2.55. The Bertz CT molecular complexity index is 2120. The van der Waals surface area contributed by atoms with Gasteiger partial charge in [0, 0.05) is 11.0 Å². The molecule has 2 aliphatic rings. The molecule has 0 spiro atoms. The fourth-order valence-electron chi connectivity index (χ4n) is 6.95. The molecular weight excluding hydrogens is 577 g/mol. The van der Waals surface area contributed by atoms with E-state index in [0.29, 0.717) is 44.5 Å². The van der Waals surface area contributed by atoms with Crippen molar-refractivity contribution in [3.8, 4) is 29.0 Å². The Hall–Kier alpha value is -5.11. The first kappa shape index (κ1) is 28.6. The number of unbranched alkanes of at least 4 members (excludes halogenated alkanes) is 2. The number of aromatic nitrogens is 2. The van der Waals surface area contributed by atoms with Crippen LogP contribution in [0, 0.1) is 23.2 Å². The van der Waals surface area contributed by atoms with Crippen LogP contribution in [0.1, 0.15) is 101 Å². The molecule has 0 N–H and O–H groups in total. The topological polar surface area (TPSA) is 86.9 Å². The molecule has 220 valence electrons. The first-order valence-corrected chi connectivity index (χ1v) is 16.2. The van der Waals surface area contributed by atoms with Crippen molar-refractivity contribution in [2.24, 2.45) is 0 Å². The summed E-state index contributed by atoms with van der Waals surface area (Å²) in [6.45, 7) is 4.45. The summed E-state index contributed by atoms with van der Waals surface area (Å²) in [5.74, 6) is 5.57. The van der Waals surface area contributed by atoms with Crippen LogP contribution in [0.5, 0.6) is 0 Å². The van der Waals surface area contributed by atoms with Gasteiger partial charge in [-0.25, -0.2) is 4.90 Å². The minimum Gasteiger partial charge on any atom is -0.268 e. The third kappa shape index (κ3) is 4.55. The average Bonchev–Trinajstić information content (AvgIpc) is 3.74. The van der Waals surface area contributed by atoms with Crippen LogP contribution in [0.15, 0.2) is 72.8 Å². The zero-order valence-electron chi connectivity index (χ0n) is 25.2. The number of fused-ring (bicyclic) bond motifs is 5. The highest BCUT2D eigenvalue weighted by Gasteiger charge is 2.43. The summed E-state index contributed by atoms with van der Waals surface area (Å²) in [6, 6.07) is 25.5. The fraction of sp³-hybridized carbons (Fsp3) is 0.237. The Balaban J connectivity index is 1.25. The zero-order chi connectivity index (χ0) is 31.1. The van der Waals surface area contributed by atoms with Crippen LogP contribution in [0.25, 0.3) is 22.2 Å². The number of amides is 2. The van der Waals surface area contributed by atoms with Crippen LogP contribution < -0.4 is 4.90 Å². The molecule has 0 atom stereocenters. The Morgan fingerprint density at radius 2 is 1.40 bits per heavy atom. The first-order valence-electron chi connectivity index (χ1n) is 15.5. The molecule has 0 unspecified atom stereocenters. The molecule has 4 aromatic carbocycles. The van der Waals surface area contributed by atoms with Gasteiger partial charge in [0.15, 0.2) is 0 Å². The molecule has 1 aromatic heterocycles. The molecular formula is C38H30N4O2S.